The first-order valence-corrected chi connectivity index (χ1v) is 5.47. The molecule has 17 heavy (non-hydrogen) atoms. The average Bonchev–Trinajstić information content (AvgIpc) is 2.69. The van der Waals surface area contributed by atoms with Crippen molar-refractivity contribution in [3.8, 4) is 22.8 Å². The molecule has 0 unspecified atom stereocenters. The van der Waals surface area contributed by atoms with E-state index in [1.165, 1.54) is 0 Å². The van der Waals surface area contributed by atoms with Crippen LogP contribution in [-0.4, -0.2) is 23.4 Å². The molecule has 0 fully saturated rings. The van der Waals surface area contributed by atoms with Crippen molar-refractivity contribution in [2.45, 2.75) is 6.92 Å². The Balaban J connectivity index is 2.18. The number of nitrogens with two attached hydrogens (primary N) is 1. The van der Waals surface area contributed by atoms with Crippen molar-refractivity contribution in [3.05, 3.63) is 23.8 Å². The molecule has 2 aromatic rings. The van der Waals surface area contributed by atoms with Gasteiger partial charge < -0.3 is 15.2 Å². The lowest BCUT2D eigenvalue weighted by Gasteiger charge is -2.20. The van der Waals surface area contributed by atoms with Gasteiger partial charge in [-0.2, -0.15) is 5.10 Å². The van der Waals surface area contributed by atoms with Gasteiger partial charge in [-0.05, 0) is 19.1 Å². The first kappa shape index (κ1) is 10.0. The van der Waals surface area contributed by atoms with Gasteiger partial charge in [0, 0.05) is 11.1 Å². The van der Waals surface area contributed by atoms with Crippen molar-refractivity contribution in [1.82, 2.24) is 10.2 Å². The van der Waals surface area contributed by atoms with Crippen molar-refractivity contribution in [1.29, 1.82) is 0 Å². The number of nitrogens with one attached hydrogen (secondary N) is 1. The van der Waals surface area contributed by atoms with E-state index in [1.807, 2.05) is 25.1 Å². The van der Waals surface area contributed by atoms with Crippen LogP contribution in [0.15, 0.2) is 18.2 Å². The average molecular weight is 231 g/mol. The minimum atomic E-state index is 0.509. The lowest BCUT2D eigenvalue weighted by atomic mass is 10.1. The number of benzene rings is 1. The van der Waals surface area contributed by atoms with Gasteiger partial charge in [0.1, 0.15) is 19.0 Å². The van der Waals surface area contributed by atoms with Crippen LogP contribution in [0.1, 0.15) is 5.56 Å². The van der Waals surface area contributed by atoms with Crippen LogP contribution in [0.4, 0.5) is 5.82 Å². The highest BCUT2D eigenvalue weighted by atomic mass is 16.6. The van der Waals surface area contributed by atoms with E-state index < -0.39 is 0 Å². The highest BCUT2D eigenvalue weighted by Crippen LogP contribution is 2.40. The molecule has 0 atom stereocenters. The van der Waals surface area contributed by atoms with Gasteiger partial charge in [-0.3, -0.25) is 5.10 Å². The minimum Gasteiger partial charge on any atom is -0.486 e. The van der Waals surface area contributed by atoms with Gasteiger partial charge in [-0.1, -0.05) is 6.07 Å². The Kier molecular flexibility index (Phi) is 2.18. The van der Waals surface area contributed by atoms with Crippen LogP contribution >= 0.6 is 0 Å². The third-order valence-electron chi connectivity index (χ3n) is 2.88. The van der Waals surface area contributed by atoms with Crippen LogP contribution in [-0.2, 0) is 0 Å². The summed E-state index contributed by atoms with van der Waals surface area (Å²) in [4.78, 5) is 0. The molecule has 0 saturated heterocycles. The number of aromatic nitrogens is 2. The summed E-state index contributed by atoms with van der Waals surface area (Å²) in [7, 11) is 0. The third-order valence-corrected chi connectivity index (χ3v) is 2.88. The topological polar surface area (TPSA) is 73.2 Å². The van der Waals surface area contributed by atoms with Crippen LogP contribution in [0.25, 0.3) is 11.3 Å². The number of fused-ring (bicyclic) bond motifs is 1. The standard InChI is InChI=1S/C12H13N3O2/c1-7-10(14-15-12(7)13)8-3-2-4-9-11(8)17-6-5-16-9/h2-4H,5-6H2,1H3,(H3,13,14,15). The van der Waals surface area contributed by atoms with Gasteiger partial charge in [-0.15, -0.1) is 0 Å². The number of H-pyrrole nitrogens is 1. The fourth-order valence-corrected chi connectivity index (χ4v) is 1.94. The molecule has 0 saturated carbocycles. The van der Waals surface area contributed by atoms with Gasteiger partial charge in [0.05, 0.1) is 5.69 Å². The first-order chi connectivity index (χ1) is 8.27. The summed E-state index contributed by atoms with van der Waals surface area (Å²) in [6, 6.07) is 5.79. The van der Waals surface area contributed by atoms with Crippen molar-refractivity contribution in [2.24, 2.45) is 0 Å². The summed E-state index contributed by atoms with van der Waals surface area (Å²) in [5.41, 5.74) is 8.48. The second kappa shape index (κ2) is 3.69. The van der Waals surface area contributed by atoms with Gasteiger partial charge in [0.15, 0.2) is 11.5 Å². The summed E-state index contributed by atoms with van der Waals surface area (Å²) in [5, 5.41) is 6.93. The lowest BCUT2D eigenvalue weighted by Crippen LogP contribution is -2.15. The van der Waals surface area contributed by atoms with Crippen molar-refractivity contribution < 1.29 is 9.47 Å². The largest absolute Gasteiger partial charge is 0.486 e. The highest BCUT2D eigenvalue weighted by Gasteiger charge is 2.19. The monoisotopic (exact) mass is 231 g/mol. The van der Waals surface area contributed by atoms with E-state index in [2.05, 4.69) is 10.2 Å². The molecule has 1 aromatic heterocycles. The van der Waals surface area contributed by atoms with Gasteiger partial charge in [0.25, 0.3) is 0 Å². The Hall–Kier alpha value is -2.17. The molecular weight excluding hydrogens is 218 g/mol. The Labute approximate surface area is 98.5 Å². The number of para-hydroxylation sites is 1. The summed E-state index contributed by atoms with van der Waals surface area (Å²) in [6.45, 7) is 3.07. The normalized spacial score (nSPS) is 13.7. The zero-order chi connectivity index (χ0) is 11.8. The second-order valence-corrected chi connectivity index (χ2v) is 3.94. The maximum Gasteiger partial charge on any atom is 0.170 e. The fraction of sp³-hybridized carbons (Fsp3) is 0.250. The van der Waals surface area contributed by atoms with Crippen LogP contribution in [0.2, 0.25) is 0 Å². The molecule has 1 aliphatic rings. The molecular formula is C12H13N3O2. The van der Waals surface area contributed by atoms with Crippen molar-refractivity contribution in [2.75, 3.05) is 18.9 Å². The van der Waals surface area contributed by atoms with Crippen LogP contribution < -0.4 is 15.2 Å². The van der Waals surface area contributed by atoms with Gasteiger partial charge in [0.2, 0.25) is 0 Å². The summed E-state index contributed by atoms with van der Waals surface area (Å²) in [5.74, 6) is 2.03. The van der Waals surface area contributed by atoms with Crippen LogP contribution in [0.5, 0.6) is 11.5 Å². The highest BCUT2D eigenvalue weighted by molar-refractivity contribution is 5.75. The van der Waals surface area contributed by atoms with E-state index in [-0.39, 0.29) is 0 Å². The summed E-state index contributed by atoms with van der Waals surface area (Å²) in [6.07, 6.45) is 0. The molecule has 0 spiro atoms. The molecule has 0 aliphatic carbocycles. The third kappa shape index (κ3) is 1.51. The van der Waals surface area contributed by atoms with E-state index >= 15 is 0 Å². The number of nitrogens with zero attached hydrogens (tertiary/aromatic N) is 1. The zero-order valence-electron chi connectivity index (χ0n) is 9.49. The Morgan fingerprint density at radius 1 is 1.29 bits per heavy atom. The minimum absolute atomic E-state index is 0.509. The Bertz CT molecular complexity index is 563. The first-order valence-electron chi connectivity index (χ1n) is 5.47. The smallest absolute Gasteiger partial charge is 0.170 e. The fourth-order valence-electron chi connectivity index (χ4n) is 1.94. The predicted octanol–water partition coefficient (Wildman–Crippen LogP) is 1.74. The molecule has 1 aromatic carbocycles. The maximum absolute atomic E-state index is 5.74. The summed E-state index contributed by atoms with van der Waals surface area (Å²) < 4.78 is 11.2. The van der Waals surface area contributed by atoms with Gasteiger partial charge in [-0.25, -0.2) is 0 Å². The van der Waals surface area contributed by atoms with E-state index in [9.17, 15) is 0 Å². The van der Waals surface area contributed by atoms with Crippen LogP contribution in [0.3, 0.4) is 0 Å². The Morgan fingerprint density at radius 3 is 2.88 bits per heavy atom. The Morgan fingerprint density at radius 2 is 2.12 bits per heavy atom. The molecule has 1 aliphatic heterocycles. The molecule has 3 rings (SSSR count). The number of hydrogen-bond acceptors (Lipinski definition) is 4. The number of anilines is 1. The number of nitrogen functional groups attached to an aromatic ring is 1. The molecule has 0 amide bonds. The number of rotatable bonds is 1. The van der Waals surface area contributed by atoms with Gasteiger partial charge >= 0.3 is 0 Å². The molecule has 3 N–H and O–H groups in total. The predicted molar refractivity (Wildman–Crippen MR) is 64.2 cm³/mol. The maximum atomic E-state index is 5.74. The van der Waals surface area contributed by atoms with E-state index in [1.54, 1.807) is 0 Å². The molecule has 2 heterocycles. The van der Waals surface area contributed by atoms with E-state index in [0.717, 1.165) is 28.3 Å². The molecule has 5 nitrogen and oxygen atoms in total. The number of aromatic amines is 1. The SMILES string of the molecule is Cc1c(N)n[nH]c1-c1cccc2c1OCCO2. The molecule has 5 heteroatoms. The van der Waals surface area contributed by atoms with Crippen LogP contribution in [0, 0.1) is 6.92 Å². The van der Waals surface area contributed by atoms with Crippen molar-refractivity contribution in [3.63, 3.8) is 0 Å². The van der Waals surface area contributed by atoms with Crippen molar-refractivity contribution >= 4 is 5.82 Å². The molecule has 0 bridgehead atoms. The van der Waals surface area contributed by atoms with E-state index in [0.29, 0.717) is 19.0 Å². The quantitative estimate of drug-likeness (QED) is 0.784. The number of hydrogen-bond donors (Lipinski definition) is 2. The zero-order valence-corrected chi connectivity index (χ0v) is 9.49. The van der Waals surface area contributed by atoms with E-state index in [4.69, 9.17) is 15.2 Å². The lowest BCUT2D eigenvalue weighted by molar-refractivity contribution is 0.172. The molecule has 0 radical (unpaired) electrons. The summed E-state index contributed by atoms with van der Waals surface area (Å²) >= 11 is 0. The second-order valence-electron chi connectivity index (χ2n) is 3.94. The number of ether oxygens (including phenoxy) is 2. The molecule has 88 valence electrons.